The first-order valence-electron chi connectivity index (χ1n) is 5.81. The smallest absolute Gasteiger partial charge is 0.0593 e. The Labute approximate surface area is 86.8 Å². The summed E-state index contributed by atoms with van der Waals surface area (Å²) in [6.07, 6.45) is 2.78. The van der Waals surface area contributed by atoms with Crippen molar-refractivity contribution in [1.82, 2.24) is 10.2 Å². The molecule has 0 spiro atoms. The molecular weight excluding hydrogens is 176 g/mol. The molecular formula is C11H22N2O. The molecule has 2 rings (SSSR count). The number of likely N-dealkylation sites (N-methyl/N-ethyl adjacent to an activating group) is 1. The van der Waals surface area contributed by atoms with Crippen molar-refractivity contribution in [1.29, 1.82) is 0 Å². The van der Waals surface area contributed by atoms with E-state index in [-0.39, 0.29) is 0 Å². The summed E-state index contributed by atoms with van der Waals surface area (Å²) >= 11 is 0. The Morgan fingerprint density at radius 1 is 1.29 bits per heavy atom. The Hall–Kier alpha value is -0.120. The Balaban J connectivity index is 1.42. The van der Waals surface area contributed by atoms with Gasteiger partial charge in [0, 0.05) is 32.8 Å². The van der Waals surface area contributed by atoms with E-state index < -0.39 is 0 Å². The molecule has 1 saturated carbocycles. The van der Waals surface area contributed by atoms with Crippen LogP contribution in [-0.4, -0.2) is 51.3 Å². The standard InChI is InChI=1S/C11H22N2O/c1-13(8-11-6-12-7-11)4-5-14-9-10-2-3-10/h10-12H,2-9H2,1H3. The van der Waals surface area contributed by atoms with Gasteiger partial charge in [0.25, 0.3) is 0 Å². The summed E-state index contributed by atoms with van der Waals surface area (Å²) in [6, 6.07) is 0. The van der Waals surface area contributed by atoms with Crippen molar-refractivity contribution in [3.05, 3.63) is 0 Å². The van der Waals surface area contributed by atoms with Crippen LogP contribution < -0.4 is 5.32 Å². The van der Waals surface area contributed by atoms with E-state index >= 15 is 0 Å². The highest BCUT2D eigenvalue weighted by Gasteiger charge is 2.21. The molecule has 0 aromatic heterocycles. The van der Waals surface area contributed by atoms with E-state index in [9.17, 15) is 0 Å². The molecule has 1 heterocycles. The zero-order chi connectivity index (χ0) is 9.80. The lowest BCUT2D eigenvalue weighted by Gasteiger charge is -2.31. The maximum Gasteiger partial charge on any atom is 0.0593 e. The summed E-state index contributed by atoms with van der Waals surface area (Å²) in [6.45, 7) is 6.62. The fourth-order valence-electron chi connectivity index (χ4n) is 1.76. The highest BCUT2D eigenvalue weighted by atomic mass is 16.5. The third kappa shape index (κ3) is 3.56. The first-order chi connectivity index (χ1) is 6.84. The minimum atomic E-state index is 0.878. The molecule has 0 aromatic carbocycles. The Morgan fingerprint density at radius 3 is 2.64 bits per heavy atom. The Morgan fingerprint density at radius 2 is 2.07 bits per heavy atom. The zero-order valence-corrected chi connectivity index (χ0v) is 9.17. The summed E-state index contributed by atoms with van der Waals surface area (Å²) in [4.78, 5) is 2.39. The van der Waals surface area contributed by atoms with E-state index in [1.165, 1.54) is 32.5 Å². The fourth-order valence-corrected chi connectivity index (χ4v) is 1.76. The van der Waals surface area contributed by atoms with E-state index in [1.807, 2.05) is 0 Å². The quantitative estimate of drug-likeness (QED) is 0.605. The summed E-state index contributed by atoms with van der Waals surface area (Å²) in [7, 11) is 2.19. The molecule has 0 atom stereocenters. The number of hydrogen-bond donors (Lipinski definition) is 1. The third-order valence-electron chi connectivity index (χ3n) is 3.10. The van der Waals surface area contributed by atoms with Gasteiger partial charge in [-0.05, 0) is 31.7 Å². The monoisotopic (exact) mass is 198 g/mol. The lowest BCUT2D eigenvalue weighted by molar-refractivity contribution is 0.0956. The summed E-state index contributed by atoms with van der Waals surface area (Å²) in [5.41, 5.74) is 0. The molecule has 0 bridgehead atoms. The molecule has 1 aliphatic heterocycles. The highest BCUT2D eigenvalue weighted by molar-refractivity contribution is 4.77. The topological polar surface area (TPSA) is 24.5 Å². The van der Waals surface area contributed by atoms with Crippen LogP contribution in [0, 0.1) is 11.8 Å². The van der Waals surface area contributed by atoms with Crippen molar-refractivity contribution < 1.29 is 4.74 Å². The molecule has 82 valence electrons. The molecule has 1 saturated heterocycles. The van der Waals surface area contributed by atoms with Crippen LogP contribution in [0.25, 0.3) is 0 Å². The minimum Gasteiger partial charge on any atom is -0.380 e. The van der Waals surface area contributed by atoms with Gasteiger partial charge in [0.05, 0.1) is 6.61 Å². The van der Waals surface area contributed by atoms with Gasteiger partial charge < -0.3 is 15.0 Å². The average molecular weight is 198 g/mol. The third-order valence-corrected chi connectivity index (χ3v) is 3.10. The van der Waals surface area contributed by atoms with E-state index in [2.05, 4.69) is 17.3 Å². The van der Waals surface area contributed by atoms with E-state index in [0.717, 1.165) is 31.6 Å². The largest absolute Gasteiger partial charge is 0.380 e. The van der Waals surface area contributed by atoms with Crippen LogP contribution in [0.4, 0.5) is 0 Å². The molecule has 1 aliphatic carbocycles. The second kappa shape index (κ2) is 5.10. The van der Waals surface area contributed by atoms with Gasteiger partial charge in [-0.15, -0.1) is 0 Å². The van der Waals surface area contributed by atoms with Crippen LogP contribution in [0.5, 0.6) is 0 Å². The Kier molecular flexibility index (Phi) is 3.79. The summed E-state index contributed by atoms with van der Waals surface area (Å²) in [5, 5.41) is 3.30. The van der Waals surface area contributed by atoms with Gasteiger partial charge in [-0.25, -0.2) is 0 Å². The van der Waals surface area contributed by atoms with Crippen LogP contribution in [-0.2, 0) is 4.74 Å². The van der Waals surface area contributed by atoms with Crippen molar-refractivity contribution in [2.45, 2.75) is 12.8 Å². The number of nitrogens with one attached hydrogen (secondary N) is 1. The van der Waals surface area contributed by atoms with Crippen LogP contribution in [0.3, 0.4) is 0 Å². The average Bonchev–Trinajstić information content (AvgIpc) is 2.89. The van der Waals surface area contributed by atoms with Gasteiger partial charge in [-0.3, -0.25) is 0 Å². The van der Waals surface area contributed by atoms with Crippen molar-refractivity contribution in [2.24, 2.45) is 11.8 Å². The van der Waals surface area contributed by atoms with Crippen LogP contribution in [0.2, 0.25) is 0 Å². The van der Waals surface area contributed by atoms with E-state index in [1.54, 1.807) is 0 Å². The van der Waals surface area contributed by atoms with Crippen LogP contribution in [0.15, 0.2) is 0 Å². The van der Waals surface area contributed by atoms with Crippen LogP contribution in [0.1, 0.15) is 12.8 Å². The van der Waals surface area contributed by atoms with Crippen molar-refractivity contribution in [3.63, 3.8) is 0 Å². The number of nitrogens with zero attached hydrogens (tertiary/aromatic N) is 1. The summed E-state index contributed by atoms with van der Waals surface area (Å²) in [5.74, 6) is 1.78. The number of ether oxygens (including phenoxy) is 1. The zero-order valence-electron chi connectivity index (χ0n) is 9.17. The lowest BCUT2D eigenvalue weighted by Crippen LogP contribution is -2.47. The normalized spacial score (nSPS) is 22.7. The fraction of sp³-hybridized carbons (Fsp3) is 1.00. The highest BCUT2D eigenvalue weighted by Crippen LogP contribution is 2.28. The van der Waals surface area contributed by atoms with Crippen molar-refractivity contribution >= 4 is 0 Å². The maximum absolute atomic E-state index is 5.60. The first kappa shape index (κ1) is 10.4. The molecule has 1 N–H and O–H groups in total. The van der Waals surface area contributed by atoms with E-state index in [0.29, 0.717) is 0 Å². The molecule has 0 unspecified atom stereocenters. The predicted octanol–water partition coefficient (Wildman–Crippen LogP) is 0.564. The van der Waals surface area contributed by atoms with Gasteiger partial charge in [0.1, 0.15) is 0 Å². The van der Waals surface area contributed by atoms with Gasteiger partial charge in [0.2, 0.25) is 0 Å². The lowest BCUT2D eigenvalue weighted by atomic mass is 10.0. The second-order valence-corrected chi connectivity index (χ2v) is 4.80. The molecule has 0 radical (unpaired) electrons. The summed E-state index contributed by atoms with van der Waals surface area (Å²) < 4.78 is 5.60. The predicted molar refractivity (Wildman–Crippen MR) is 57.4 cm³/mol. The van der Waals surface area contributed by atoms with Gasteiger partial charge in [0.15, 0.2) is 0 Å². The Bertz CT molecular complexity index is 167. The first-order valence-corrected chi connectivity index (χ1v) is 5.81. The molecule has 14 heavy (non-hydrogen) atoms. The van der Waals surface area contributed by atoms with E-state index in [4.69, 9.17) is 4.74 Å². The van der Waals surface area contributed by atoms with Gasteiger partial charge in [-0.2, -0.15) is 0 Å². The minimum absolute atomic E-state index is 0.878. The molecule has 3 nitrogen and oxygen atoms in total. The molecule has 2 fully saturated rings. The molecule has 3 heteroatoms. The molecule has 0 aromatic rings. The van der Waals surface area contributed by atoms with Crippen molar-refractivity contribution in [2.75, 3.05) is 46.4 Å². The molecule has 0 amide bonds. The number of hydrogen-bond acceptors (Lipinski definition) is 3. The SMILES string of the molecule is CN(CCOCC1CC1)CC1CNC1. The van der Waals surface area contributed by atoms with Crippen LogP contribution >= 0.6 is 0 Å². The van der Waals surface area contributed by atoms with Gasteiger partial charge >= 0.3 is 0 Å². The maximum atomic E-state index is 5.60. The molecule has 2 aliphatic rings. The van der Waals surface area contributed by atoms with Gasteiger partial charge in [-0.1, -0.05) is 0 Å². The van der Waals surface area contributed by atoms with Crippen molar-refractivity contribution in [3.8, 4) is 0 Å². The second-order valence-electron chi connectivity index (χ2n) is 4.80. The number of rotatable bonds is 7.